The molecule has 0 N–H and O–H groups in total. The second-order valence-electron chi connectivity index (χ2n) is 20.2. The molecule has 68 heavy (non-hydrogen) atoms. The van der Waals surface area contributed by atoms with Gasteiger partial charge in [0.1, 0.15) is 12.6 Å². The number of likely N-dealkylation sites (N-methyl/N-ethyl adjacent to an activating group) is 1. The number of nitrogens with zero attached hydrogens (tertiary/aromatic N) is 1. The first-order valence-corrected chi connectivity index (χ1v) is 28.3. The lowest BCUT2D eigenvalue weighted by molar-refractivity contribution is -0.889. The summed E-state index contributed by atoms with van der Waals surface area (Å²) in [5.41, 5.74) is 0. The molecule has 2 atom stereocenters. The van der Waals surface area contributed by atoms with Crippen LogP contribution >= 0.6 is 0 Å². The van der Waals surface area contributed by atoms with Crippen LogP contribution in [-0.2, 0) is 28.6 Å². The van der Waals surface area contributed by atoms with Crippen molar-refractivity contribution in [3.8, 4) is 0 Å². The van der Waals surface area contributed by atoms with Crippen molar-refractivity contribution in [2.24, 2.45) is 0 Å². The zero-order valence-electron chi connectivity index (χ0n) is 45.0. The second kappa shape index (κ2) is 50.4. The average Bonchev–Trinajstić information content (AvgIpc) is 3.30. The van der Waals surface area contributed by atoms with Gasteiger partial charge in [0.15, 0.2) is 6.10 Å². The lowest BCUT2D eigenvalue weighted by atomic mass is 10.0. The highest BCUT2D eigenvalue weighted by molar-refractivity contribution is 5.70. The smallest absolute Gasteiger partial charge is 0.306 e. The summed E-state index contributed by atoms with van der Waals surface area (Å²) in [4.78, 5) is 37.1. The Labute approximate surface area is 419 Å². The van der Waals surface area contributed by atoms with Gasteiger partial charge in [-0.2, -0.15) is 0 Å². The Hall–Kier alpha value is -2.97. The summed E-state index contributed by atoms with van der Waals surface area (Å²) in [5, 5.41) is 11.7. The van der Waals surface area contributed by atoms with Crippen molar-refractivity contribution >= 4 is 17.9 Å². The highest BCUT2D eigenvalue weighted by Gasteiger charge is 2.25. The molecule has 0 aliphatic heterocycles. The molecule has 8 heteroatoms. The normalized spacial score (nSPS) is 13.2. The molecule has 0 saturated heterocycles. The van der Waals surface area contributed by atoms with Crippen LogP contribution in [0.3, 0.4) is 0 Å². The largest absolute Gasteiger partial charge is 0.544 e. The van der Waals surface area contributed by atoms with E-state index in [1.165, 1.54) is 141 Å². The number of hydrogen-bond donors (Lipinski definition) is 0. The van der Waals surface area contributed by atoms with Crippen LogP contribution in [0.5, 0.6) is 0 Å². The fraction of sp³-hybridized carbons (Fsp3) is 0.783. The third kappa shape index (κ3) is 48.1. The summed E-state index contributed by atoms with van der Waals surface area (Å²) in [5.74, 6) is -1.76. The number of carboxylic acids is 1. The van der Waals surface area contributed by atoms with Crippen molar-refractivity contribution < 1.29 is 38.2 Å². The summed E-state index contributed by atoms with van der Waals surface area (Å²) in [6.07, 6.45) is 64.0. The predicted octanol–water partition coefficient (Wildman–Crippen LogP) is 15.5. The summed E-state index contributed by atoms with van der Waals surface area (Å²) in [6.45, 7) is 4.64. The number of allylic oxidation sites excluding steroid dienone is 10. The fourth-order valence-electron chi connectivity index (χ4n) is 8.23. The predicted molar refractivity (Wildman–Crippen MR) is 286 cm³/mol. The maximum Gasteiger partial charge on any atom is 0.306 e. The van der Waals surface area contributed by atoms with Crippen LogP contribution in [0, 0.1) is 0 Å². The maximum atomic E-state index is 12.8. The van der Waals surface area contributed by atoms with Gasteiger partial charge in [-0.1, -0.05) is 209 Å². The van der Waals surface area contributed by atoms with Gasteiger partial charge in [-0.3, -0.25) is 9.59 Å². The van der Waals surface area contributed by atoms with Gasteiger partial charge in [0, 0.05) is 19.3 Å². The molecular formula is C60H107NO7. The van der Waals surface area contributed by atoms with E-state index in [1.54, 1.807) is 21.1 Å². The number of esters is 2. The Morgan fingerprint density at radius 3 is 1.19 bits per heavy atom. The Morgan fingerprint density at radius 1 is 0.441 bits per heavy atom. The van der Waals surface area contributed by atoms with Crippen molar-refractivity contribution in [2.45, 2.75) is 264 Å². The molecule has 0 bridgehead atoms. The Morgan fingerprint density at radius 2 is 0.779 bits per heavy atom. The zero-order chi connectivity index (χ0) is 49.9. The first-order valence-electron chi connectivity index (χ1n) is 28.3. The lowest BCUT2D eigenvalue weighted by Crippen LogP contribution is -2.55. The van der Waals surface area contributed by atoms with E-state index in [1.807, 2.05) is 0 Å². The quantitative estimate of drug-likeness (QED) is 0.0259. The zero-order valence-corrected chi connectivity index (χ0v) is 45.0. The summed E-state index contributed by atoms with van der Waals surface area (Å²) in [6, 6.07) is -0.733. The summed E-state index contributed by atoms with van der Waals surface area (Å²) < 4.78 is 17.3. The molecule has 0 aliphatic rings. The topological polar surface area (TPSA) is 102 Å². The van der Waals surface area contributed by atoms with Crippen molar-refractivity contribution in [1.82, 2.24) is 0 Å². The molecule has 394 valence electrons. The highest BCUT2D eigenvalue weighted by Crippen LogP contribution is 2.15. The van der Waals surface area contributed by atoms with E-state index in [2.05, 4.69) is 74.6 Å². The monoisotopic (exact) mass is 954 g/mol. The summed E-state index contributed by atoms with van der Waals surface area (Å²) in [7, 11) is 5.41. The Balaban J connectivity index is 4.23. The van der Waals surface area contributed by atoms with Crippen LogP contribution in [0.25, 0.3) is 0 Å². The first-order chi connectivity index (χ1) is 33.1. The number of carbonyl (C=O) groups is 3. The number of hydrogen-bond acceptors (Lipinski definition) is 7. The number of carbonyl (C=O) groups excluding carboxylic acids is 3. The number of ether oxygens (including phenoxy) is 3. The van der Waals surface area contributed by atoms with E-state index in [0.29, 0.717) is 12.8 Å². The number of aliphatic carboxylic acids is 1. The van der Waals surface area contributed by atoms with Crippen LogP contribution in [0.1, 0.15) is 251 Å². The van der Waals surface area contributed by atoms with E-state index in [4.69, 9.17) is 14.2 Å². The minimum atomic E-state index is -1.13. The summed E-state index contributed by atoms with van der Waals surface area (Å²) >= 11 is 0. The van der Waals surface area contributed by atoms with Crippen LogP contribution in [0.15, 0.2) is 60.8 Å². The van der Waals surface area contributed by atoms with Crippen molar-refractivity contribution in [3.63, 3.8) is 0 Å². The van der Waals surface area contributed by atoms with Gasteiger partial charge >= 0.3 is 11.9 Å². The molecule has 0 fully saturated rings. The van der Waals surface area contributed by atoms with E-state index < -0.39 is 18.1 Å². The van der Waals surface area contributed by atoms with Gasteiger partial charge in [0.05, 0.1) is 40.3 Å². The number of rotatable bonds is 51. The van der Waals surface area contributed by atoms with Crippen molar-refractivity contribution in [3.05, 3.63) is 60.8 Å². The van der Waals surface area contributed by atoms with E-state index >= 15 is 0 Å². The molecule has 0 aliphatic carbocycles. The molecule has 0 aromatic carbocycles. The fourth-order valence-corrected chi connectivity index (χ4v) is 8.23. The SMILES string of the molecule is CCCCC/C=C/C/C=C/C/C=C/C/C=C/CCCCCCCC(=O)OC(COCCC(C(=O)[O-])[N+](C)(C)C)COC(=O)CCCCCCCCC/C=C/CCCCCCCCCCCCCC. The molecule has 2 unspecified atom stereocenters. The van der Waals surface area contributed by atoms with Crippen LogP contribution in [0.4, 0.5) is 0 Å². The van der Waals surface area contributed by atoms with Gasteiger partial charge in [-0.15, -0.1) is 0 Å². The third-order valence-electron chi connectivity index (χ3n) is 12.6. The van der Waals surface area contributed by atoms with E-state index in [-0.39, 0.29) is 42.7 Å². The first kappa shape index (κ1) is 65.0. The van der Waals surface area contributed by atoms with E-state index in [9.17, 15) is 19.5 Å². The molecule has 0 radical (unpaired) electrons. The molecule has 0 aromatic rings. The minimum Gasteiger partial charge on any atom is -0.544 e. The molecule has 0 amide bonds. The van der Waals surface area contributed by atoms with E-state index in [0.717, 1.165) is 77.0 Å². The minimum absolute atomic E-state index is 0.0304. The van der Waals surface area contributed by atoms with Crippen molar-refractivity contribution in [1.29, 1.82) is 0 Å². The number of unbranched alkanes of at least 4 members (excludes halogenated alkanes) is 27. The van der Waals surface area contributed by atoms with Gasteiger partial charge in [0.2, 0.25) is 0 Å². The van der Waals surface area contributed by atoms with Gasteiger partial charge in [-0.25, -0.2) is 0 Å². The Kier molecular flexibility index (Phi) is 48.2. The van der Waals surface area contributed by atoms with Crippen LogP contribution in [-0.4, -0.2) is 75.5 Å². The standard InChI is InChI=1S/C60H107NO7/c1-6-8-10-12-14-16-18-20-22-24-26-28-29-31-32-34-36-38-40-42-44-46-48-50-58(62)67-55-56(54-66-53-52-57(60(64)65)61(3,4)5)68-59(63)51-49-47-45-43-41-39-37-35-33-30-27-25-23-21-19-17-15-13-11-9-7-2/h15,17,21,23,27,30-32,35,37,56-57H,6-14,16,18-20,22,24-26,28-29,33-34,36,38-55H2,1-5H3/b17-15+,23-21+,30-27+,32-31+,37-35+. The van der Waals surface area contributed by atoms with Gasteiger partial charge in [0.25, 0.3) is 0 Å². The van der Waals surface area contributed by atoms with Crippen LogP contribution in [0.2, 0.25) is 0 Å². The van der Waals surface area contributed by atoms with Gasteiger partial charge in [-0.05, 0) is 83.5 Å². The molecule has 0 heterocycles. The maximum absolute atomic E-state index is 12.8. The third-order valence-corrected chi connectivity index (χ3v) is 12.6. The molecule has 0 saturated carbocycles. The van der Waals surface area contributed by atoms with Crippen molar-refractivity contribution in [2.75, 3.05) is 41.0 Å². The number of carboxylic acid groups (broad SMARTS) is 1. The molecule has 8 nitrogen and oxygen atoms in total. The molecule has 0 aromatic heterocycles. The molecule has 0 spiro atoms. The highest BCUT2D eigenvalue weighted by atomic mass is 16.6. The number of quaternary nitrogens is 1. The van der Waals surface area contributed by atoms with Gasteiger partial charge < -0.3 is 28.6 Å². The lowest BCUT2D eigenvalue weighted by Gasteiger charge is -2.34. The average molecular weight is 955 g/mol. The van der Waals surface area contributed by atoms with Crippen LogP contribution < -0.4 is 5.11 Å². The second-order valence-corrected chi connectivity index (χ2v) is 20.2. The Bertz CT molecular complexity index is 1290. The molecular weight excluding hydrogens is 847 g/mol. The molecule has 0 rings (SSSR count).